The van der Waals surface area contributed by atoms with Gasteiger partial charge in [-0.05, 0) is 26.7 Å². The maximum absolute atomic E-state index is 13.1. The normalized spacial score (nSPS) is 38.8. The fourth-order valence-electron chi connectivity index (χ4n) is 3.35. The lowest BCUT2D eigenvalue weighted by molar-refractivity contribution is -0.225. The maximum atomic E-state index is 13.1. The number of Topliss-reactive ketones (excluding diaryl/α,β-unsaturated/α-hetero) is 2. The van der Waals surface area contributed by atoms with E-state index in [2.05, 4.69) is 0 Å². The topological polar surface area (TPSA) is 78.9 Å². The quantitative estimate of drug-likeness (QED) is 0.220. The number of carbonyl (C=O) groups is 3. The van der Waals surface area contributed by atoms with Gasteiger partial charge in [0.25, 0.3) is 0 Å². The molecular weight excluding hydrogens is 415 g/mol. The van der Waals surface area contributed by atoms with Crippen LogP contribution in [0.4, 0.5) is 0 Å². The van der Waals surface area contributed by atoms with Crippen LogP contribution in [0.25, 0.3) is 0 Å². The van der Waals surface area contributed by atoms with Crippen molar-refractivity contribution in [3.8, 4) is 0 Å². The number of rotatable bonds is 4. The van der Waals surface area contributed by atoms with E-state index in [1.807, 2.05) is 29.5 Å². The predicted octanol–water partition coefficient (Wildman–Crippen LogP) is 2.06. The highest BCUT2D eigenvalue weighted by molar-refractivity contribution is 14.1. The van der Waals surface area contributed by atoms with Crippen LogP contribution in [0, 0.1) is 11.3 Å². The summed E-state index contributed by atoms with van der Waals surface area (Å²) in [6.45, 7) is 6.81. The van der Waals surface area contributed by atoms with Crippen LogP contribution in [0.5, 0.6) is 0 Å². The summed E-state index contributed by atoms with van der Waals surface area (Å²) in [4.78, 5) is 37.1. The standard InChI is InChI=1S/C16H23IO6/c1-5-21-15(22-9(3)18)16(4)11-7-6-10(23-11)8(2)13(19)12(17)14(16)20/h8,10-12,15H,5-7H2,1-4H3/t8-,10-,11+,12-,15-,16-/m1/s1. The Labute approximate surface area is 149 Å². The first kappa shape index (κ1) is 18.8. The van der Waals surface area contributed by atoms with Crippen LogP contribution in [0.3, 0.4) is 0 Å². The molecule has 0 amide bonds. The van der Waals surface area contributed by atoms with E-state index >= 15 is 0 Å². The maximum Gasteiger partial charge on any atom is 0.304 e. The zero-order valence-electron chi connectivity index (χ0n) is 13.8. The number of hydrogen-bond donors (Lipinski definition) is 0. The summed E-state index contributed by atoms with van der Waals surface area (Å²) < 4.78 is 16.1. The van der Waals surface area contributed by atoms with E-state index in [-0.39, 0.29) is 30.2 Å². The van der Waals surface area contributed by atoms with Gasteiger partial charge in [-0.15, -0.1) is 0 Å². The Kier molecular flexibility index (Phi) is 5.84. The summed E-state index contributed by atoms with van der Waals surface area (Å²) in [7, 11) is 0. The summed E-state index contributed by atoms with van der Waals surface area (Å²) in [5, 5.41) is 0. The number of halogens is 1. The molecule has 2 aliphatic heterocycles. The number of carbonyl (C=O) groups excluding carboxylic acids is 3. The number of ketones is 2. The first-order chi connectivity index (χ1) is 10.7. The molecule has 0 unspecified atom stereocenters. The van der Waals surface area contributed by atoms with Crippen molar-refractivity contribution in [3.05, 3.63) is 0 Å². The largest absolute Gasteiger partial charge is 0.435 e. The SMILES string of the molecule is CCO[C@H](OC(C)=O)[C@@]1(C)C(=O)[C@H](I)C(=O)[C@H](C)[C@H]2CC[C@@H]1O2. The van der Waals surface area contributed by atoms with Crippen LogP contribution < -0.4 is 0 Å². The van der Waals surface area contributed by atoms with E-state index in [1.165, 1.54) is 6.92 Å². The Morgan fingerprint density at radius 2 is 2.09 bits per heavy atom. The van der Waals surface area contributed by atoms with Crippen LogP contribution in [-0.2, 0) is 28.6 Å². The van der Waals surface area contributed by atoms with Crippen LogP contribution in [0.2, 0.25) is 0 Å². The molecule has 2 fully saturated rings. The molecule has 130 valence electrons. The van der Waals surface area contributed by atoms with Gasteiger partial charge in [-0.3, -0.25) is 14.4 Å². The van der Waals surface area contributed by atoms with E-state index in [0.29, 0.717) is 12.8 Å². The van der Waals surface area contributed by atoms with Crippen LogP contribution in [0.15, 0.2) is 0 Å². The summed E-state index contributed by atoms with van der Waals surface area (Å²) in [5.41, 5.74) is -1.20. The molecule has 2 heterocycles. The van der Waals surface area contributed by atoms with Gasteiger partial charge in [-0.2, -0.15) is 0 Å². The van der Waals surface area contributed by atoms with E-state index in [1.54, 1.807) is 13.8 Å². The average molecular weight is 438 g/mol. The van der Waals surface area contributed by atoms with E-state index in [4.69, 9.17) is 14.2 Å². The minimum atomic E-state index is -1.20. The molecule has 2 aliphatic rings. The van der Waals surface area contributed by atoms with Gasteiger partial charge in [-0.1, -0.05) is 29.5 Å². The number of hydrogen-bond acceptors (Lipinski definition) is 6. The van der Waals surface area contributed by atoms with Gasteiger partial charge < -0.3 is 14.2 Å². The van der Waals surface area contributed by atoms with Crippen molar-refractivity contribution in [1.29, 1.82) is 0 Å². The molecule has 0 aliphatic carbocycles. The van der Waals surface area contributed by atoms with Crippen molar-refractivity contribution in [2.75, 3.05) is 6.61 Å². The van der Waals surface area contributed by atoms with Gasteiger partial charge in [0.05, 0.1) is 12.2 Å². The average Bonchev–Trinajstić information content (AvgIpc) is 3.00. The van der Waals surface area contributed by atoms with Gasteiger partial charge in [0.15, 0.2) is 11.6 Å². The third-order valence-corrected chi connectivity index (χ3v) is 6.00. The van der Waals surface area contributed by atoms with Gasteiger partial charge in [0, 0.05) is 19.4 Å². The molecule has 2 rings (SSSR count). The van der Waals surface area contributed by atoms with E-state index in [0.717, 1.165) is 0 Å². The number of ether oxygens (including phenoxy) is 3. The fraction of sp³-hybridized carbons (Fsp3) is 0.812. The van der Waals surface area contributed by atoms with Gasteiger partial charge in [0.2, 0.25) is 6.29 Å². The lowest BCUT2D eigenvalue weighted by Gasteiger charge is -2.41. The van der Waals surface area contributed by atoms with Crippen LogP contribution in [-0.4, -0.2) is 46.6 Å². The summed E-state index contributed by atoms with van der Waals surface area (Å²) in [6, 6.07) is 0. The second-order valence-corrected chi connectivity index (χ2v) is 7.58. The van der Waals surface area contributed by atoms with Gasteiger partial charge in [0.1, 0.15) is 9.34 Å². The molecular formula is C16H23IO6. The lowest BCUT2D eigenvalue weighted by atomic mass is 9.75. The minimum Gasteiger partial charge on any atom is -0.435 e. The molecule has 0 N–H and O–H groups in total. The van der Waals surface area contributed by atoms with E-state index < -0.39 is 27.7 Å². The van der Waals surface area contributed by atoms with Crippen molar-refractivity contribution < 1.29 is 28.6 Å². The highest BCUT2D eigenvalue weighted by Gasteiger charge is 2.58. The van der Waals surface area contributed by atoms with Crippen LogP contribution in [0.1, 0.15) is 40.5 Å². The Morgan fingerprint density at radius 3 is 2.65 bits per heavy atom. The Hall–Kier alpha value is -0.540. The predicted molar refractivity (Wildman–Crippen MR) is 90.2 cm³/mol. The van der Waals surface area contributed by atoms with Gasteiger partial charge >= 0.3 is 5.97 Å². The molecule has 23 heavy (non-hydrogen) atoms. The Balaban J connectivity index is 2.44. The zero-order valence-corrected chi connectivity index (χ0v) is 16.0. The number of esters is 1. The fourth-order valence-corrected chi connectivity index (χ4v) is 4.58. The number of fused-ring (bicyclic) bond motifs is 2. The zero-order chi connectivity index (χ0) is 17.4. The molecule has 2 bridgehead atoms. The molecule has 2 saturated heterocycles. The third kappa shape index (κ3) is 3.32. The molecule has 7 heteroatoms. The monoisotopic (exact) mass is 438 g/mol. The second kappa shape index (κ2) is 7.14. The highest BCUT2D eigenvalue weighted by atomic mass is 127. The Morgan fingerprint density at radius 1 is 1.43 bits per heavy atom. The summed E-state index contributed by atoms with van der Waals surface area (Å²) >= 11 is 1.88. The smallest absolute Gasteiger partial charge is 0.304 e. The molecule has 0 radical (unpaired) electrons. The molecule has 0 aromatic carbocycles. The molecule has 0 saturated carbocycles. The van der Waals surface area contributed by atoms with Crippen molar-refractivity contribution >= 4 is 40.1 Å². The van der Waals surface area contributed by atoms with Crippen molar-refractivity contribution in [2.24, 2.45) is 11.3 Å². The first-order valence-corrected chi connectivity index (χ1v) is 9.14. The molecule has 6 nitrogen and oxygen atoms in total. The van der Waals surface area contributed by atoms with Gasteiger partial charge in [-0.25, -0.2) is 0 Å². The first-order valence-electron chi connectivity index (χ1n) is 7.89. The second-order valence-electron chi connectivity index (χ2n) is 6.34. The lowest BCUT2D eigenvalue weighted by Crippen LogP contribution is -2.57. The van der Waals surface area contributed by atoms with Crippen LogP contribution >= 0.6 is 22.6 Å². The molecule has 6 atom stereocenters. The van der Waals surface area contributed by atoms with E-state index in [9.17, 15) is 14.4 Å². The van der Waals surface area contributed by atoms with Crippen molar-refractivity contribution in [3.63, 3.8) is 0 Å². The molecule has 0 spiro atoms. The number of alkyl halides is 1. The Bertz CT molecular complexity index is 507. The van der Waals surface area contributed by atoms with Crippen molar-refractivity contribution in [2.45, 2.75) is 63.0 Å². The molecule has 0 aromatic rings. The summed E-state index contributed by atoms with van der Waals surface area (Å²) in [5.74, 6) is -1.27. The highest BCUT2D eigenvalue weighted by Crippen LogP contribution is 2.45. The summed E-state index contributed by atoms with van der Waals surface area (Å²) in [6.07, 6.45) is -0.332. The minimum absolute atomic E-state index is 0.134. The third-order valence-electron chi connectivity index (χ3n) is 4.82. The van der Waals surface area contributed by atoms with Crippen molar-refractivity contribution in [1.82, 2.24) is 0 Å². The molecule has 0 aromatic heterocycles.